The maximum absolute atomic E-state index is 3.72. The molecular formula is C27H27ClSiZr-4. The minimum Gasteiger partial charge on any atom is -1.00 e. The third-order valence-corrected chi connectivity index (χ3v) is 3.94. The first kappa shape index (κ1) is 26.2. The van der Waals surface area contributed by atoms with Crippen LogP contribution in [0.5, 0.6) is 0 Å². The van der Waals surface area contributed by atoms with Crippen molar-refractivity contribution >= 4 is 27.0 Å². The van der Waals surface area contributed by atoms with E-state index in [-0.39, 0.29) is 17.8 Å². The molecule has 30 heavy (non-hydrogen) atoms. The number of halogens is 1. The van der Waals surface area contributed by atoms with E-state index in [4.69, 9.17) is 0 Å². The molecular weight excluding hydrogens is 479 g/mol. The number of rotatable bonds is 0. The molecule has 0 fully saturated rings. The van der Waals surface area contributed by atoms with Gasteiger partial charge in [-0.15, -0.1) is 71.4 Å². The van der Waals surface area contributed by atoms with E-state index in [0.717, 1.165) is 5.56 Å². The number of hydrogen-bond acceptors (Lipinski definition) is 0. The van der Waals surface area contributed by atoms with Crippen LogP contribution in [0.1, 0.15) is 5.56 Å². The molecule has 0 aliphatic heterocycles. The molecule has 0 nitrogen and oxygen atoms in total. The van der Waals surface area contributed by atoms with Crippen LogP contribution in [0, 0.1) is 6.92 Å². The maximum Gasteiger partial charge on any atom is -0.0809 e. The van der Waals surface area contributed by atoms with Crippen molar-refractivity contribution in [3.8, 4) is 0 Å². The van der Waals surface area contributed by atoms with E-state index in [1.807, 2.05) is 30.3 Å². The summed E-state index contributed by atoms with van der Waals surface area (Å²) in [4.78, 5) is 0. The van der Waals surface area contributed by atoms with Gasteiger partial charge in [0, 0.05) is 0 Å². The Kier molecular flexibility index (Phi) is 13.1. The Labute approximate surface area is 202 Å². The summed E-state index contributed by atoms with van der Waals surface area (Å²) in [6.07, 6.45) is 0. The van der Waals surface area contributed by atoms with Crippen LogP contribution in [0.2, 0.25) is 13.1 Å². The second kappa shape index (κ2) is 15.0. The molecule has 0 amide bonds. The van der Waals surface area contributed by atoms with Gasteiger partial charge >= 0.3 is 41.9 Å². The van der Waals surface area contributed by atoms with E-state index in [9.17, 15) is 0 Å². The third kappa shape index (κ3) is 10.3. The third-order valence-electron chi connectivity index (χ3n) is 3.94. The molecule has 0 bridgehead atoms. The molecule has 0 saturated heterocycles. The zero-order valence-corrected chi connectivity index (χ0v) is 21.8. The second-order valence-electron chi connectivity index (χ2n) is 6.79. The van der Waals surface area contributed by atoms with E-state index < -0.39 is 0 Å². The Bertz CT molecular complexity index is 979. The molecule has 0 unspecified atom stereocenters. The predicted octanol–water partition coefficient (Wildman–Crippen LogP) is 4.77. The SMILES string of the molecule is C[Si](C)=[Zr].[CH2-]c1ccccc1.[Cl-].c1ccc2[cH-]ccc2c1.c1ccc2[cH-]ccc2c1. The summed E-state index contributed by atoms with van der Waals surface area (Å²) in [5.74, 6) is 0. The molecule has 0 atom stereocenters. The minimum atomic E-state index is 0. The Balaban J connectivity index is 0.000000206. The van der Waals surface area contributed by atoms with Gasteiger partial charge in [-0.25, -0.2) is 0 Å². The fourth-order valence-electron chi connectivity index (χ4n) is 2.62. The molecule has 5 rings (SSSR count). The van der Waals surface area contributed by atoms with Crippen LogP contribution in [0.3, 0.4) is 0 Å². The first-order valence-corrected chi connectivity index (χ1v) is 15.8. The van der Waals surface area contributed by atoms with Crippen molar-refractivity contribution in [3.63, 3.8) is 0 Å². The quantitative estimate of drug-likeness (QED) is 0.210. The Morgan fingerprint density at radius 3 is 1.33 bits per heavy atom. The zero-order valence-electron chi connectivity index (χ0n) is 17.6. The summed E-state index contributed by atoms with van der Waals surface area (Å²) in [5.41, 5.74) is 1.28. The second-order valence-corrected chi connectivity index (χ2v) is 16.2. The fourth-order valence-corrected chi connectivity index (χ4v) is 2.62. The first-order valence-electron chi connectivity index (χ1n) is 9.66. The monoisotopic (exact) mass is 504 g/mol. The van der Waals surface area contributed by atoms with Crippen LogP contribution in [0.4, 0.5) is 0 Å². The molecule has 0 radical (unpaired) electrons. The molecule has 5 aromatic carbocycles. The minimum absolute atomic E-state index is 0. The summed E-state index contributed by atoms with van der Waals surface area (Å²) in [6.45, 7) is 8.34. The molecule has 0 aliphatic carbocycles. The van der Waals surface area contributed by atoms with Crippen molar-refractivity contribution in [1.82, 2.24) is 0 Å². The molecule has 0 saturated carbocycles. The van der Waals surface area contributed by atoms with Gasteiger partial charge in [0.2, 0.25) is 0 Å². The standard InChI is InChI=1S/2C9H7.C7H7.C2H6Si.ClH.Zr/c2*1-2-5-9-7-3-6-8(9)4-1;1-7-5-3-2-4-6-7;1-3-2;;/h2*1-7H;2-6H,1H2;1-2H3;1H;/q3*-1;;;/p-1. The van der Waals surface area contributed by atoms with Gasteiger partial charge in [0.05, 0.1) is 0 Å². The van der Waals surface area contributed by atoms with Gasteiger partial charge in [-0.05, 0) is 0 Å². The molecule has 5 aromatic rings. The van der Waals surface area contributed by atoms with E-state index in [1.54, 1.807) is 23.3 Å². The van der Waals surface area contributed by atoms with Crippen LogP contribution >= 0.6 is 0 Å². The first-order chi connectivity index (χ1) is 14.1. The molecule has 0 aromatic heterocycles. The fraction of sp³-hybridized carbons (Fsp3) is 0.0741. The van der Waals surface area contributed by atoms with E-state index in [2.05, 4.69) is 105 Å². The molecule has 0 N–H and O–H groups in total. The number of hydrogen-bond donors (Lipinski definition) is 0. The van der Waals surface area contributed by atoms with Crippen LogP contribution in [-0.2, 0) is 23.3 Å². The predicted molar refractivity (Wildman–Crippen MR) is 127 cm³/mol. The van der Waals surface area contributed by atoms with Gasteiger partial charge in [-0.1, -0.05) is 18.2 Å². The molecule has 0 heterocycles. The van der Waals surface area contributed by atoms with Gasteiger partial charge in [0.1, 0.15) is 0 Å². The van der Waals surface area contributed by atoms with Crippen molar-refractivity contribution in [2.75, 3.05) is 0 Å². The summed E-state index contributed by atoms with van der Waals surface area (Å²) >= 11 is 1.74. The van der Waals surface area contributed by atoms with Crippen LogP contribution < -0.4 is 12.4 Å². The van der Waals surface area contributed by atoms with Crippen LogP contribution in [0.25, 0.3) is 21.5 Å². The molecule has 3 heteroatoms. The Morgan fingerprint density at radius 2 is 1.00 bits per heavy atom. The molecule has 0 aliphatic rings. The number of fused-ring (bicyclic) bond motifs is 2. The molecule has 0 spiro atoms. The van der Waals surface area contributed by atoms with Crippen molar-refractivity contribution < 1.29 is 35.7 Å². The average Bonchev–Trinajstić information content (AvgIpc) is 3.38. The summed E-state index contributed by atoms with van der Waals surface area (Å²) in [7, 11) is 0. The Morgan fingerprint density at radius 1 is 0.633 bits per heavy atom. The van der Waals surface area contributed by atoms with E-state index >= 15 is 0 Å². The van der Waals surface area contributed by atoms with Gasteiger partial charge in [0.15, 0.2) is 0 Å². The van der Waals surface area contributed by atoms with Crippen molar-refractivity contribution in [2.45, 2.75) is 13.1 Å². The van der Waals surface area contributed by atoms with E-state index in [0.29, 0.717) is 0 Å². The largest absolute Gasteiger partial charge is 1.00 e. The molecule has 154 valence electrons. The average molecular weight is 506 g/mol. The summed E-state index contributed by atoms with van der Waals surface area (Å²) < 4.78 is 0. The zero-order chi connectivity index (χ0) is 20.9. The maximum atomic E-state index is 3.72. The van der Waals surface area contributed by atoms with Crippen molar-refractivity contribution in [1.29, 1.82) is 0 Å². The summed E-state index contributed by atoms with van der Waals surface area (Å²) in [6, 6.07) is 39.2. The van der Waals surface area contributed by atoms with Crippen LogP contribution in [-0.4, -0.2) is 5.43 Å². The van der Waals surface area contributed by atoms with Gasteiger partial charge in [0.25, 0.3) is 0 Å². The summed E-state index contributed by atoms with van der Waals surface area (Å²) in [5, 5.41) is 5.32. The van der Waals surface area contributed by atoms with Crippen LogP contribution in [0.15, 0.2) is 115 Å². The topological polar surface area (TPSA) is 0 Å². The van der Waals surface area contributed by atoms with Crippen molar-refractivity contribution in [3.05, 3.63) is 128 Å². The smallest absolute Gasteiger partial charge is 0.0809 e. The number of benzene rings is 3. The van der Waals surface area contributed by atoms with E-state index in [1.165, 1.54) is 21.5 Å². The van der Waals surface area contributed by atoms with Gasteiger partial charge in [-0.2, -0.15) is 59.7 Å². The Hall–Kier alpha value is -1.86. The van der Waals surface area contributed by atoms with Gasteiger partial charge in [-0.3, -0.25) is 0 Å². The van der Waals surface area contributed by atoms with Crippen molar-refractivity contribution in [2.24, 2.45) is 0 Å². The normalized spacial score (nSPS) is 8.97. The van der Waals surface area contributed by atoms with Gasteiger partial charge < -0.3 is 12.4 Å².